The fourth-order valence-corrected chi connectivity index (χ4v) is 7.60. The Morgan fingerprint density at radius 3 is 2.42 bits per heavy atom. The van der Waals surface area contributed by atoms with Gasteiger partial charge in [0.25, 0.3) is 11.8 Å². The lowest BCUT2D eigenvalue weighted by Gasteiger charge is -2.49. The van der Waals surface area contributed by atoms with E-state index in [2.05, 4.69) is 10.2 Å². The molecule has 0 spiro atoms. The maximum atomic E-state index is 14.3. The largest absolute Gasteiger partial charge is 0.481 e. The number of benzene rings is 3. The predicted molar refractivity (Wildman–Crippen MR) is 173 cm³/mol. The molecule has 0 radical (unpaired) electrons. The first-order valence-corrected chi connectivity index (χ1v) is 17.1. The number of fused-ring (bicyclic) bond motifs is 1. The van der Waals surface area contributed by atoms with E-state index in [1.54, 1.807) is 53.6 Å². The number of carboxylic acids is 1. The summed E-state index contributed by atoms with van der Waals surface area (Å²) < 4.78 is 15.5. The van der Waals surface area contributed by atoms with Crippen LogP contribution in [0.25, 0.3) is 0 Å². The van der Waals surface area contributed by atoms with E-state index in [0.29, 0.717) is 39.6 Å². The molecule has 1 aliphatic heterocycles. The molecule has 238 valence electrons. The third kappa shape index (κ3) is 7.76. The molecule has 1 saturated carbocycles. The molecule has 45 heavy (non-hydrogen) atoms. The zero-order valence-electron chi connectivity index (χ0n) is 24.7. The fourth-order valence-electron chi connectivity index (χ4n) is 6.37. The van der Waals surface area contributed by atoms with Gasteiger partial charge in [0.15, 0.2) is 0 Å². The van der Waals surface area contributed by atoms with Gasteiger partial charge in [-0.05, 0) is 59.7 Å². The maximum absolute atomic E-state index is 14.3. The fraction of sp³-hybridized carbons (Fsp3) is 0.364. The molecule has 0 aromatic heterocycles. The minimum atomic E-state index is -1.31. The molecule has 3 aromatic rings. The lowest BCUT2D eigenvalue weighted by molar-refractivity contribution is -0.138. The van der Waals surface area contributed by atoms with E-state index in [1.807, 2.05) is 24.3 Å². The van der Waals surface area contributed by atoms with Crippen LogP contribution in [0.15, 0.2) is 66.7 Å². The lowest BCUT2D eigenvalue weighted by Crippen LogP contribution is -2.58. The molecule has 5 atom stereocenters. The van der Waals surface area contributed by atoms with Gasteiger partial charge in [-0.3, -0.25) is 19.2 Å². The molecule has 1 fully saturated rings. The smallest absolute Gasteiger partial charge is 0.303 e. The molecule has 12 heteroatoms. The number of carbonyl (C=O) groups is 3. The summed E-state index contributed by atoms with van der Waals surface area (Å²) in [5.74, 6) is -2.42. The van der Waals surface area contributed by atoms with Gasteiger partial charge in [-0.25, -0.2) is 14.4 Å². The second-order valence-corrected chi connectivity index (χ2v) is 13.4. The van der Waals surface area contributed by atoms with Crippen molar-refractivity contribution >= 4 is 52.0 Å². The van der Waals surface area contributed by atoms with E-state index in [9.17, 15) is 18.6 Å². The average molecular weight is 673 g/mol. The molecule has 2 aliphatic rings. The Labute approximate surface area is 274 Å². The summed E-state index contributed by atoms with van der Waals surface area (Å²) >= 11 is 13.1. The van der Waals surface area contributed by atoms with E-state index in [4.69, 9.17) is 33.1 Å². The van der Waals surface area contributed by atoms with Crippen molar-refractivity contribution in [3.8, 4) is 0 Å². The third-order valence-electron chi connectivity index (χ3n) is 8.41. The Bertz CT molecular complexity index is 1590. The molecule has 2 amide bonds. The van der Waals surface area contributed by atoms with Gasteiger partial charge in [-0.1, -0.05) is 84.6 Å². The Balaban J connectivity index is 1.48. The highest BCUT2D eigenvalue weighted by Gasteiger charge is 2.49. The van der Waals surface area contributed by atoms with Crippen molar-refractivity contribution in [2.75, 3.05) is 6.26 Å². The number of hydroxylamine groups is 1. The highest BCUT2D eigenvalue weighted by molar-refractivity contribution is 7.82. The lowest BCUT2D eigenvalue weighted by atomic mass is 9.76. The standard InChI is InChI=1S/C33H35Cl2N3O6S/c1-45(43)37-27-8-4-5-9-28(27)38-31(25-16-15-22(34)18-26(25)35)30(23-6-2-3-7-24(23)33(38)42)32(41)36-44-19-21-12-10-20(11-13-21)14-17-29(39)40/h2-3,6-7,10-13,15-16,18,27-28,30-31,37H,4-5,8-9,14,17,19H2,1H3,(H,36,41)(H,39,40)/t27-,28?,30+,31-,45?/m0/s1. The van der Waals surface area contributed by atoms with Crippen LogP contribution >= 0.6 is 23.2 Å². The molecule has 0 bridgehead atoms. The number of hydrogen-bond donors (Lipinski definition) is 3. The number of rotatable bonds is 11. The summed E-state index contributed by atoms with van der Waals surface area (Å²) in [6, 6.07) is 18.0. The Hall–Kier alpha value is -3.28. The number of carbonyl (C=O) groups excluding carboxylic acids is 2. The van der Waals surface area contributed by atoms with Crippen molar-refractivity contribution in [3.63, 3.8) is 0 Å². The van der Waals surface area contributed by atoms with Gasteiger partial charge in [-0.15, -0.1) is 0 Å². The van der Waals surface area contributed by atoms with E-state index in [0.717, 1.165) is 30.4 Å². The topological polar surface area (TPSA) is 125 Å². The Kier molecular flexibility index (Phi) is 10.9. The van der Waals surface area contributed by atoms with Gasteiger partial charge >= 0.3 is 5.97 Å². The van der Waals surface area contributed by atoms with E-state index >= 15 is 0 Å². The van der Waals surface area contributed by atoms with Crippen molar-refractivity contribution in [1.29, 1.82) is 0 Å². The van der Waals surface area contributed by atoms with E-state index < -0.39 is 34.8 Å². The molecule has 0 saturated heterocycles. The molecule has 1 aliphatic carbocycles. The normalized spacial score (nSPS) is 22.0. The molecule has 9 nitrogen and oxygen atoms in total. The summed E-state index contributed by atoms with van der Waals surface area (Å²) in [7, 11) is -1.31. The first-order valence-electron chi connectivity index (χ1n) is 14.8. The third-order valence-corrected chi connectivity index (χ3v) is 9.60. The highest BCUT2D eigenvalue weighted by Crippen LogP contribution is 2.47. The van der Waals surface area contributed by atoms with Gasteiger partial charge in [0.1, 0.15) is 0 Å². The van der Waals surface area contributed by atoms with Crippen molar-refractivity contribution in [2.24, 2.45) is 0 Å². The van der Waals surface area contributed by atoms with Crippen molar-refractivity contribution in [1.82, 2.24) is 15.1 Å². The molecular formula is C33H35Cl2N3O6S. The molecule has 2 unspecified atom stereocenters. The van der Waals surface area contributed by atoms with Crippen LogP contribution < -0.4 is 10.2 Å². The summed E-state index contributed by atoms with van der Waals surface area (Å²) in [4.78, 5) is 46.8. The number of carboxylic acid groups (broad SMARTS) is 1. The van der Waals surface area contributed by atoms with Gasteiger partial charge in [0.05, 0.1) is 29.6 Å². The number of amides is 2. The minimum Gasteiger partial charge on any atom is -0.481 e. The number of halogens is 2. The second-order valence-electron chi connectivity index (χ2n) is 11.4. The monoisotopic (exact) mass is 671 g/mol. The molecule has 3 N–H and O–H groups in total. The summed E-state index contributed by atoms with van der Waals surface area (Å²) in [6.45, 7) is 0.0747. The Morgan fingerprint density at radius 2 is 1.71 bits per heavy atom. The average Bonchev–Trinajstić information content (AvgIpc) is 3.01. The first kappa shape index (κ1) is 33.1. The zero-order valence-corrected chi connectivity index (χ0v) is 27.0. The SMILES string of the molecule is CS(=O)N[C@H]1CCCCC1N1C(=O)c2ccccc2[C@@H](C(=O)NOCc2ccc(CCC(=O)O)cc2)[C@@H]1c1ccc(Cl)cc1Cl. The highest BCUT2D eigenvalue weighted by atomic mass is 35.5. The maximum Gasteiger partial charge on any atom is 0.303 e. The first-order chi connectivity index (χ1) is 21.6. The van der Waals surface area contributed by atoms with E-state index in [1.165, 1.54) is 0 Å². The molecular weight excluding hydrogens is 637 g/mol. The summed E-state index contributed by atoms with van der Waals surface area (Å²) in [5.41, 5.74) is 5.84. The molecule has 5 rings (SSSR count). The molecule has 1 heterocycles. The van der Waals surface area contributed by atoms with Crippen LogP contribution in [-0.2, 0) is 38.4 Å². The Morgan fingerprint density at radius 1 is 1.00 bits per heavy atom. The predicted octanol–water partition coefficient (Wildman–Crippen LogP) is 5.73. The number of hydrogen-bond acceptors (Lipinski definition) is 5. The van der Waals surface area contributed by atoms with Gasteiger partial charge < -0.3 is 10.0 Å². The molecule has 3 aromatic carbocycles. The van der Waals surface area contributed by atoms with Crippen LogP contribution in [0.4, 0.5) is 0 Å². The number of aliphatic carboxylic acids is 1. The van der Waals surface area contributed by atoms with Crippen LogP contribution in [0.5, 0.6) is 0 Å². The minimum absolute atomic E-state index is 0.0427. The van der Waals surface area contributed by atoms with Crippen LogP contribution in [0.2, 0.25) is 10.0 Å². The van der Waals surface area contributed by atoms with Gasteiger partial charge in [0.2, 0.25) is 0 Å². The number of nitrogens with zero attached hydrogens (tertiary/aromatic N) is 1. The van der Waals surface area contributed by atoms with Crippen molar-refractivity contribution in [2.45, 2.75) is 69.2 Å². The van der Waals surface area contributed by atoms with Gasteiger partial charge in [-0.2, -0.15) is 0 Å². The van der Waals surface area contributed by atoms with Crippen molar-refractivity contribution in [3.05, 3.63) is 105 Å². The van der Waals surface area contributed by atoms with Crippen molar-refractivity contribution < 1.29 is 28.5 Å². The summed E-state index contributed by atoms with van der Waals surface area (Å²) in [5, 5.41) is 9.68. The van der Waals surface area contributed by atoms with Crippen LogP contribution in [0.1, 0.15) is 76.7 Å². The quantitative estimate of drug-likeness (QED) is 0.224. The summed E-state index contributed by atoms with van der Waals surface area (Å²) in [6.07, 6.45) is 5.23. The van der Waals surface area contributed by atoms with Crippen LogP contribution in [0, 0.1) is 0 Å². The number of nitrogens with one attached hydrogen (secondary N) is 2. The van der Waals surface area contributed by atoms with E-state index in [-0.39, 0.29) is 31.0 Å². The second kappa shape index (κ2) is 14.9. The zero-order chi connectivity index (χ0) is 32.1. The van der Waals surface area contributed by atoms with Crippen LogP contribution in [0.3, 0.4) is 0 Å². The van der Waals surface area contributed by atoms with Gasteiger partial charge in [0, 0.05) is 40.4 Å². The number of aryl methyl sites for hydroxylation is 1. The van der Waals surface area contributed by atoms with Crippen LogP contribution in [-0.4, -0.2) is 50.3 Å².